The van der Waals surface area contributed by atoms with Crippen molar-refractivity contribution in [2.24, 2.45) is 5.73 Å². The Morgan fingerprint density at radius 1 is 1.22 bits per heavy atom. The van der Waals surface area contributed by atoms with Crippen LogP contribution in [0.5, 0.6) is 0 Å². The summed E-state index contributed by atoms with van der Waals surface area (Å²) in [7, 11) is 0. The maximum atomic E-state index is 6.28. The Morgan fingerprint density at radius 2 is 1.94 bits per heavy atom. The minimum atomic E-state index is 0.0743. The third-order valence-electron chi connectivity index (χ3n) is 3.11. The van der Waals surface area contributed by atoms with Crippen molar-refractivity contribution in [3.63, 3.8) is 0 Å². The van der Waals surface area contributed by atoms with Gasteiger partial charge in [-0.15, -0.1) is 11.3 Å². The van der Waals surface area contributed by atoms with E-state index in [1.165, 1.54) is 20.9 Å². The molecule has 0 aliphatic heterocycles. The molecule has 96 valence electrons. The topological polar surface area (TPSA) is 26.0 Å². The van der Waals surface area contributed by atoms with Crippen LogP contribution >= 0.6 is 27.3 Å². The molecule has 18 heavy (non-hydrogen) atoms. The van der Waals surface area contributed by atoms with E-state index in [0.717, 1.165) is 17.3 Å². The second kappa shape index (κ2) is 6.00. The van der Waals surface area contributed by atoms with Gasteiger partial charge in [-0.05, 0) is 42.7 Å². The van der Waals surface area contributed by atoms with Crippen LogP contribution in [0.4, 0.5) is 0 Å². The van der Waals surface area contributed by atoms with Crippen LogP contribution < -0.4 is 5.73 Å². The fourth-order valence-electron chi connectivity index (χ4n) is 1.90. The van der Waals surface area contributed by atoms with Crippen LogP contribution in [0.3, 0.4) is 0 Å². The summed E-state index contributed by atoms with van der Waals surface area (Å²) >= 11 is 5.43. The van der Waals surface area contributed by atoms with E-state index in [-0.39, 0.29) is 6.04 Å². The number of benzene rings is 1. The molecule has 1 unspecified atom stereocenters. The highest BCUT2D eigenvalue weighted by Gasteiger charge is 2.10. The quantitative estimate of drug-likeness (QED) is 0.872. The van der Waals surface area contributed by atoms with Gasteiger partial charge in [-0.1, -0.05) is 35.0 Å². The highest BCUT2D eigenvalue weighted by Crippen LogP contribution is 2.25. The maximum Gasteiger partial charge on any atom is 0.0344 e. The van der Waals surface area contributed by atoms with Gasteiger partial charge in [0, 0.05) is 26.7 Å². The summed E-state index contributed by atoms with van der Waals surface area (Å²) in [6, 6.07) is 10.9. The Morgan fingerprint density at radius 3 is 2.56 bits per heavy atom. The van der Waals surface area contributed by atoms with Crippen LogP contribution in [0.1, 0.15) is 33.8 Å². The molecule has 1 atom stereocenters. The van der Waals surface area contributed by atoms with Crippen LogP contribution in [0.2, 0.25) is 0 Å². The molecule has 0 saturated carbocycles. The normalized spacial score (nSPS) is 12.7. The Hall–Kier alpha value is -0.640. The van der Waals surface area contributed by atoms with E-state index >= 15 is 0 Å². The maximum absolute atomic E-state index is 6.28. The summed E-state index contributed by atoms with van der Waals surface area (Å²) in [4.78, 5) is 2.80. The van der Waals surface area contributed by atoms with Crippen LogP contribution in [0.15, 0.2) is 34.8 Å². The molecule has 0 radical (unpaired) electrons. The minimum Gasteiger partial charge on any atom is -0.324 e. The lowest BCUT2D eigenvalue weighted by molar-refractivity contribution is 0.729. The van der Waals surface area contributed by atoms with E-state index in [4.69, 9.17) is 5.73 Å². The molecular formula is C15H18BrNS. The van der Waals surface area contributed by atoms with E-state index in [2.05, 4.69) is 60.1 Å². The molecule has 1 nitrogen and oxygen atoms in total. The summed E-state index contributed by atoms with van der Waals surface area (Å²) in [6.45, 7) is 4.28. The summed E-state index contributed by atoms with van der Waals surface area (Å²) < 4.78 is 1.14. The van der Waals surface area contributed by atoms with Crippen LogP contribution in [0, 0.1) is 6.92 Å². The number of hydrogen-bond acceptors (Lipinski definition) is 2. The molecule has 2 aromatic rings. The van der Waals surface area contributed by atoms with E-state index in [0.29, 0.717) is 0 Å². The molecule has 1 heterocycles. The van der Waals surface area contributed by atoms with Gasteiger partial charge < -0.3 is 5.73 Å². The monoisotopic (exact) mass is 323 g/mol. The average Bonchev–Trinajstić information content (AvgIpc) is 2.80. The first-order chi connectivity index (χ1) is 8.60. The number of hydrogen-bond donors (Lipinski definition) is 1. The molecule has 0 aliphatic carbocycles. The number of halogens is 1. The van der Waals surface area contributed by atoms with Crippen molar-refractivity contribution in [1.29, 1.82) is 0 Å². The summed E-state index contributed by atoms with van der Waals surface area (Å²) in [5, 5.41) is 0. The molecule has 2 rings (SSSR count). The van der Waals surface area contributed by atoms with Gasteiger partial charge in [-0.3, -0.25) is 0 Å². The van der Waals surface area contributed by atoms with Gasteiger partial charge in [0.05, 0.1) is 0 Å². The van der Waals surface area contributed by atoms with Gasteiger partial charge >= 0.3 is 0 Å². The largest absolute Gasteiger partial charge is 0.324 e. The molecule has 0 aliphatic rings. The van der Waals surface area contributed by atoms with Gasteiger partial charge in [-0.2, -0.15) is 0 Å². The van der Waals surface area contributed by atoms with E-state index in [1.54, 1.807) is 0 Å². The predicted molar refractivity (Wildman–Crippen MR) is 83.2 cm³/mol. The van der Waals surface area contributed by atoms with Gasteiger partial charge in [0.25, 0.3) is 0 Å². The molecule has 2 N–H and O–H groups in total. The van der Waals surface area contributed by atoms with Crippen molar-refractivity contribution < 1.29 is 0 Å². The van der Waals surface area contributed by atoms with E-state index in [9.17, 15) is 0 Å². The van der Waals surface area contributed by atoms with Gasteiger partial charge in [-0.25, -0.2) is 0 Å². The van der Waals surface area contributed by atoms with E-state index < -0.39 is 0 Å². The van der Waals surface area contributed by atoms with Gasteiger partial charge in [0.2, 0.25) is 0 Å². The first-order valence-electron chi connectivity index (χ1n) is 6.19. The minimum absolute atomic E-state index is 0.0743. The smallest absolute Gasteiger partial charge is 0.0344 e. The molecule has 0 bridgehead atoms. The fourth-order valence-corrected chi connectivity index (χ4v) is 3.31. The van der Waals surface area contributed by atoms with Crippen LogP contribution in [-0.4, -0.2) is 0 Å². The second-order valence-electron chi connectivity index (χ2n) is 4.54. The molecule has 0 saturated heterocycles. The zero-order valence-electron chi connectivity index (χ0n) is 10.7. The second-order valence-corrected chi connectivity index (χ2v) is 6.65. The van der Waals surface area contributed by atoms with E-state index in [1.807, 2.05) is 11.3 Å². The Bertz CT molecular complexity index is 533. The molecule has 0 fully saturated rings. The Labute approximate surface area is 121 Å². The average molecular weight is 324 g/mol. The third kappa shape index (κ3) is 3.22. The highest BCUT2D eigenvalue weighted by atomic mass is 79.9. The summed E-state index contributed by atoms with van der Waals surface area (Å²) in [5.74, 6) is 0. The fraction of sp³-hybridized carbons (Fsp3) is 0.333. The SMILES string of the molecule is CCc1ccc(CC(N)c2ccc(C)c(Br)c2)s1. The zero-order chi connectivity index (χ0) is 13.1. The van der Waals surface area contributed by atoms with Gasteiger partial charge in [0.1, 0.15) is 0 Å². The number of aryl methyl sites for hydroxylation is 2. The molecule has 0 amide bonds. The Kier molecular flexibility index (Phi) is 4.60. The standard InChI is InChI=1S/C15H18BrNS/c1-3-12-6-7-13(18-12)9-15(17)11-5-4-10(2)14(16)8-11/h4-8,15H,3,9,17H2,1-2H3. The lowest BCUT2D eigenvalue weighted by atomic mass is 10.0. The molecule has 0 spiro atoms. The molecular weight excluding hydrogens is 306 g/mol. The lowest BCUT2D eigenvalue weighted by Crippen LogP contribution is -2.12. The molecule has 1 aromatic heterocycles. The number of thiophene rings is 1. The van der Waals surface area contributed by atoms with Crippen molar-refractivity contribution in [1.82, 2.24) is 0 Å². The van der Waals surface area contributed by atoms with Crippen LogP contribution in [-0.2, 0) is 12.8 Å². The van der Waals surface area contributed by atoms with Crippen molar-refractivity contribution in [3.05, 3.63) is 55.7 Å². The van der Waals surface area contributed by atoms with Crippen molar-refractivity contribution in [3.8, 4) is 0 Å². The highest BCUT2D eigenvalue weighted by molar-refractivity contribution is 9.10. The first-order valence-corrected chi connectivity index (χ1v) is 7.80. The number of rotatable bonds is 4. The predicted octanol–water partition coefficient (Wildman–Crippen LogP) is 4.62. The summed E-state index contributed by atoms with van der Waals surface area (Å²) in [5.41, 5.74) is 8.72. The van der Waals surface area contributed by atoms with Crippen molar-refractivity contribution in [2.45, 2.75) is 32.7 Å². The molecule has 1 aromatic carbocycles. The van der Waals surface area contributed by atoms with Crippen molar-refractivity contribution in [2.75, 3.05) is 0 Å². The third-order valence-corrected chi connectivity index (χ3v) is 5.22. The zero-order valence-corrected chi connectivity index (χ0v) is 13.1. The van der Waals surface area contributed by atoms with Crippen LogP contribution in [0.25, 0.3) is 0 Å². The Balaban J connectivity index is 2.11. The first kappa shape index (κ1) is 13.8. The molecule has 3 heteroatoms. The lowest BCUT2D eigenvalue weighted by Gasteiger charge is -2.12. The number of nitrogens with two attached hydrogens (primary N) is 1. The summed E-state index contributed by atoms with van der Waals surface area (Å²) in [6.07, 6.45) is 2.02. The van der Waals surface area contributed by atoms with Gasteiger partial charge in [0.15, 0.2) is 0 Å². The van der Waals surface area contributed by atoms with Crippen molar-refractivity contribution >= 4 is 27.3 Å².